The molecule has 1 aromatic carbocycles. The van der Waals surface area contributed by atoms with Crippen molar-refractivity contribution in [1.29, 1.82) is 0 Å². The van der Waals surface area contributed by atoms with Crippen LogP contribution >= 0.6 is 15.9 Å². The Morgan fingerprint density at radius 1 is 1.47 bits per heavy atom. The second kappa shape index (κ2) is 5.65. The van der Waals surface area contributed by atoms with Crippen molar-refractivity contribution in [2.75, 3.05) is 6.54 Å². The highest BCUT2D eigenvalue weighted by Crippen LogP contribution is 2.29. The van der Waals surface area contributed by atoms with E-state index in [2.05, 4.69) is 41.2 Å². The number of nitrogens with one attached hydrogen (secondary N) is 1. The van der Waals surface area contributed by atoms with Crippen molar-refractivity contribution in [3.63, 3.8) is 0 Å². The number of rotatable bonds is 4. The van der Waals surface area contributed by atoms with Gasteiger partial charge < -0.3 is 11.1 Å². The van der Waals surface area contributed by atoms with E-state index in [0.717, 1.165) is 4.47 Å². The maximum absolute atomic E-state index is 11.5. The van der Waals surface area contributed by atoms with Crippen molar-refractivity contribution in [3.8, 4) is 0 Å². The van der Waals surface area contributed by atoms with E-state index >= 15 is 0 Å². The van der Waals surface area contributed by atoms with Crippen molar-refractivity contribution in [2.45, 2.75) is 32.2 Å². The summed E-state index contributed by atoms with van der Waals surface area (Å²) in [4.78, 5) is 11.5. The average Bonchev–Trinajstić information content (AvgIpc) is 2.26. The van der Waals surface area contributed by atoms with Crippen LogP contribution < -0.4 is 11.1 Å². The average molecular weight is 299 g/mol. The highest BCUT2D eigenvalue weighted by molar-refractivity contribution is 9.10. The second-order valence-corrected chi connectivity index (χ2v) is 5.72. The molecule has 1 aromatic rings. The maximum Gasteiger partial charge on any atom is 0.236 e. The lowest BCUT2D eigenvalue weighted by Gasteiger charge is -2.27. The van der Waals surface area contributed by atoms with Crippen molar-refractivity contribution in [1.82, 2.24) is 5.32 Å². The van der Waals surface area contributed by atoms with Crippen LogP contribution in [0.4, 0.5) is 0 Å². The van der Waals surface area contributed by atoms with Gasteiger partial charge in [-0.2, -0.15) is 0 Å². The van der Waals surface area contributed by atoms with Crippen LogP contribution in [-0.2, 0) is 10.2 Å². The standard InChI is InChI=1S/C13H19BrN2O/c1-9(15)12(17)16-8-13(2,3)10-6-4-5-7-11(10)14/h4-7,9H,8,15H2,1-3H3,(H,16,17). The molecule has 0 fully saturated rings. The quantitative estimate of drug-likeness (QED) is 0.895. The monoisotopic (exact) mass is 298 g/mol. The molecule has 0 aromatic heterocycles. The van der Waals surface area contributed by atoms with Crippen LogP contribution in [0.1, 0.15) is 26.3 Å². The van der Waals surface area contributed by atoms with Gasteiger partial charge in [-0.25, -0.2) is 0 Å². The summed E-state index contributed by atoms with van der Waals surface area (Å²) in [6.45, 7) is 6.43. The SMILES string of the molecule is CC(N)C(=O)NCC(C)(C)c1ccccc1Br. The molecule has 1 amide bonds. The number of carbonyl (C=O) groups is 1. The van der Waals surface area contributed by atoms with Crippen molar-refractivity contribution < 1.29 is 4.79 Å². The molecule has 0 radical (unpaired) electrons. The fourth-order valence-corrected chi connectivity index (χ4v) is 2.40. The summed E-state index contributed by atoms with van der Waals surface area (Å²) in [5.74, 6) is -0.120. The summed E-state index contributed by atoms with van der Waals surface area (Å²) in [5, 5.41) is 2.86. The third kappa shape index (κ3) is 3.82. The van der Waals surface area contributed by atoms with Gasteiger partial charge >= 0.3 is 0 Å². The molecule has 0 aliphatic rings. The van der Waals surface area contributed by atoms with Crippen LogP contribution in [0.3, 0.4) is 0 Å². The summed E-state index contributed by atoms with van der Waals surface area (Å²) >= 11 is 3.53. The largest absolute Gasteiger partial charge is 0.354 e. The van der Waals surface area contributed by atoms with Gasteiger partial charge in [0.2, 0.25) is 5.91 Å². The molecule has 1 atom stereocenters. The van der Waals surface area contributed by atoms with Crippen LogP contribution in [0, 0.1) is 0 Å². The van der Waals surface area contributed by atoms with Gasteiger partial charge in [0.25, 0.3) is 0 Å². The predicted molar refractivity (Wildman–Crippen MR) is 73.8 cm³/mol. The Balaban J connectivity index is 2.76. The zero-order valence-corrected chi connectivity index (χ0v) is 12.0. The van der Waals surface area contributed by atoms with E-state index in [9.17, 15) is 4.79 Å². The number of hydrogen-bond donors (Lipinski definition) is 2. The lowest BCUT2D eigenvalue weighted by Crippen LogP contribution is -2.43. The Kier molecular flexibility index (Phi) is 4.71. The Morgan fingerprint density at radius 3 is 2.59 bits per heavy atom. The molecule has 3 nitrogen and oxygen atoms in total. The number of amides is 1. The first kappa shape index (κ1) is 14.2. The Labute approximate surface area is 111 Å². The molecule has 17 heavy (non-hydrogen) atoms. The van der Waals surface area contributed by atoms with Gasteiger partial charge in [-0.1, -0.05) is 48.0 Å². The van der Waals surface area contributed by atoms with Gasteiger partial charge in [-0.15, -0.1) is 0 Å². The van der Waals surface area contributed by atoms with Crippen LogP contribution in [0.25, 0.3) is 0 Å². The third-order valence-corrected chi connectivity index (χ3v) is 3.41. The van der Waals surface area contributed by atoms with E-state index in [0.29, 0.717) is 6.54 Å². The maximum atomic E-state index is 11.5. The Hall–Kier alpha value is -0.870. The first-order valence-electron chi connectivity index (χ1n) is 5.63. The molecule has 3 N–H and O–H groups in total. The lowest BCUT2D eigenvalue weighted by molar-refractivity contribution is -0.122. The van der Waals surface area contributed by atoms with Gasteiger partial charge in [0, 0.05) is 16.4 Å². The van der Waals surface area contributed by atoms with Crippen molar-refractivity contribution in [3.05, 3.63) is 34.3 Å². The van der Waals surface area contributed by atoms with E-state index in [1.807, 2.05) is 18.2 Å². The van der Waals surface area contributed by atoms with E-state index in [4.69, 9.17) is 5.73 Å². The van der Waals surface area contributed by atoms with Crippen molar-refractivity contribution >= 4 is 21.8 Å². The summed E-state index contributed by atoms with van der Waals surface area (Å²) in [6, 6.07) is 7.57. The molecular formula is C13H19BrN2O. The van der Waals surface area contributed by atoms with Gasteiger partial charge in [0.1, 0.15) is 0 Å². The number of halogens is 1. The Morgan fingerprint density at radius 2 is 2.06 bits per heavy atom. The zero-order chi connectivity index (χ0) is 13.1. The smallest absolute Gasteiger partial charge is 0.236 e. The first-order chi connectivity index (χ1) is 7.84. The fourth-order valence-electron chi connectivity index (χ4n) is 1.57. The summed E-state index contributed by atoms with van der Waals surface area (Å²) < 4.78 is 1.06. The second-order valence-electron chi connectivity index (χ2n) is 4.87. The third-order valence-electron chi connectivity index (χ3n) is 2.72. The molecule has 0 bridgehead atoms. The molecule has 0 aliphatic carbocycles. The normalized spacial score (nSPS) is 13.2. The number of carbonyl (C=O) groups excluding carboxylic acids is 1. The zero-order valence-electron chi connectivity index (χ0n) is 10.5. The highest BCUT2D eigenvalue weighted by Gasteiger charge is 2.23. The van der Waals surface area contributed by atoms with Crippen LogP contribution in [0.2, 0.25) is 0 Å². The Bertz CT molecular complexity index is 402. The molecule has 0 saturated heterocycles. The van der Waals surface area contributed by atoms with Crippen LogP contribution in [0.15, 0.2) is 28.7 Å². The van der Waals surface area contributed by atoms with E-state index in [-0.39, 0.29) is 11.3 Å². The predicted octanol–water partition coefficient (Wildman–Crippen LogP) is 2.19. The van der Waals surface area contributed by atoms with Crippen molar-refractivity contribution in [2.24, 2.45) is 5.73 Å². The molecule has 0 aliphatic heterocycles. The van der Waals surface area contributed by atoms with Crippen LogP contribution in [0.5, 0.6) is 0 Å². The van der Waals surface area contributed by atoms with Gasteiger partial charge in [-0.3, -0.25) is 4.79 Å². The summed E-state index contributed by atoms with van der Waals surface area (Å²) in [6.07, 6.45) is 0. The molecule has 0 spiro atoms. The minimum absolute atomic E-state index is 0.120. The van der Waals surface area contributed by atoms with Gasteiger partial charge in [0.05, 0.1) is 6.04 Å². The lowest BCUT2D eigenvalue weighted by atomic mass is 9.84. The first-order valence-corrected chi connectivity index (χ1v) is 6.42. The van der Waals surface area contributed by atoms with Gasteiger partial charge in [0.15, 0.2) is 0 Å². The van der Waals surface area contributed by atoms with Crippen LogP contribution in [-0.4, -0.2) is 18.5 Å². The fraction of sp³-hybridized carbons (Fsp3) is 0.462. The van der Waals surface area contributed by atoms with Gasteiger partial charge in [-0.05, 0) is 18.6 Å². The number of benzene rings is 1. The highest BCUT2D eigenvalue weighted by atomic mass is 79.9. The molecule has 1 rings (SSSR count). The van der Waals surface area contributed by atoms with E-state index in [1.165, 1.54) is 5.56 Å². The minimum Gasteiger partial charge on any atom is -0.354 e. The summed E-state index contributed by atoms with van der Waals surface area (Å²) in [5.41, 5.74) is 6.55. The van der Waals surface area contributed by atoms with E-state index in [1.54, 1.807) is 6.92 Å². The summed E-state index contributed by atoms with van der Waals surface area (Å²) in [7, 11) is 0. The number of hydrogen-bond acceptors (Lipinski definition) is 2. The molecule has 0 heterocycles. The topological polar surface area (TPSA) is 55.1 Å². The molecular weight excluding hydrogens is 280 g/mol. The number of nitrogens with two attached hydrogens (primary N) is 1. The minimum atomic E-state index is -0.468. The molecule has 94 valence electrons. The van der Waals surface area contributed by atoms with E-state index < -0.39 is 6.04 Å². The molecule has 4 heteroatoms. The molecule has 1 unspecified atom stereocenters. The molecule has 0 saturated carbocycles.